The van der Waals surface area contributed by atoms with Crippen LogP contribution in [0.3, 0.4) is 0 Å². The number of hydrogen-bond donors (Lipinski definition) is 0. The first-order valence-electron chi connectivity index (χ1n) is 10.2. The van der Waals surface area contributed by atoms with Crippen molar-refractivity contribution in [3.8, 4) is 0 Å². The summed E-state index contributed by atoms with van der Waals surface area (Å²) in [4.78, 5) is 0. The van der Waals surface area contributed by atoms with Gasteiger partial charge in [-0.1, -0.05) is 65.0 Å². The molecule has 0 bridgehead atoms. The SMILES string of the molecule is Cc1ccc(C)c2[cH-]c(P(C3CCCCC3)C3CCCCC3)cc12.[Cl-].[Cl-].[Hf]. The van der Waals surface area contributed by atoms with E-state index in [0.29, 0.717) is 0 Å². The first-order chi connectivity index (χ1) is 11.7. The Hall–Kier alpha value is 0.710. The molecule has 0 amide bonds. The number of rotatable bonds is 3. The number of hydrogen-bond acceptors (Lipinski definition) is 0. The molecule has 2 fully saturated rings. The molecule has 0 radical (unpaired) electrons. The monoisotopic (exact) mass is 589 g/mol. The van der Waals surface area contributed by atoms with E-state index in [-0.39, 0.29) is 58.6 Å². The summed E-state index contributed by atoms with van der Waals surface area (Å²) in [5.74, 6) is 0. The van der Waals surface area contributed by atoms with Gasteiger partial charge in [0.25, 0.3) is 0 Å². The van der Waals surface area contributed by atoms with Crippen molar-refractivity contribution in [2.45, 2.75) is 89.4 Å². The molecule has 4 heteroatoms. The third-order valence-corrected chi connectivity index (χ3v) is 10.0. The van der Waals surface area contributed by atoms with Crippen LogP contribution in [0.25, 0.3) is 10.8 Å². The summed E-state index contributed by atoms with van der Waals surface area (Å²) in [7, 11) is 0.0363. The second-order valence-corrected chi connectivity index (χ2v) is 11.0. The molecule has 2 saturated carbocycles. The van der Waals surface area contributed by atoms with Crippen molar-refractivity contribution in [3.63, 3.8) is 0 Å². The van der Waals surface area contributed by atoms with Gasteiger partial charge in [0.15, 0.2) is 0 Å². The molecule has 150 valence electrons. The molecule has 0 aromatic heterocycles. The zero-order valence-corrected chi connectivity index (χ0v) is 22.7. The van der Waals surface area contributed by atoms with E-state index in [2.05, 4.69) is 38.1 Å². The first kappa shape index (κ1) is 25.7. The van der Waals surface area contributed by atoms with Gasteiger partial charge in [-0.3, -0.25) is 0 Å². The van der Waals surface area contributed by atoms with E-state index in [1.165, 1.54) is 86.1 Å². The fraction of sp³-hybridized carbons (Fsp3) is 0.609. The number of fused-ring (bicyclic) bond motifs is 1. The smallest absolute Gasteiger partial charge is 0 e. The van der Waals surface area contributed by atoms with Crippen LogP contribution in [0.5, 0.6) is 0 Å². The predicted octanol–water partition coefficient (Wildman–Crippen LogP) is 0.954. The van der Waals surface area contributed by atoms with E-state index in [0.717, 1.165) is 11.3 Å². The van der Waals surface area contributed by atoms with E-state index in [1.807, 2.05) is 0 Å². The molecule has 0 aliphatic heterocycles. The van der Waals surface area contributed by atoms with Crippen LogP contribution in [0.4, 0.5) is 0 Å². The van der Waals surface area contributed by atoms with Gasteiger partial charge in [0.1, 0.15) is 0 Å². The van der Waals surface area contributed by atoms with Gasteiger partial charge in [-0.05, 0) is 43.9 Å². The van der Waals surface area contributed by atoms with Crippen LogP contribution in [-0.4, -0.2) is 11.3 Å². The van der Waals surface area contributed by atoms with Gasteiger partial charge < -0.3 is 24.8 Å². The van der Waals surface area contributed by atoms with E-state index in [9.17, 15) is 0 Å². The molecule has 0 heterocycles. The first-order valence-corrected chi connectivity index (χ1v) is 11.7. The zero-order chi connectivity index (χ0) is 16.5. The Morgan fingerprint density at radius 1 is 0.778 bits per heavy atom. The molecule has 0 atom stereocenters. The number of aryl methyl sites for hydroxylation is 2. The Balaban J connectivity index is 0.00000121. The Kier molecular flexibility index (Phi) is 11.2. The van der Waals surface area contributed by atoms with Gasteiger partial charge in [0.05, 0.1) is 0 Å². The topological polar surface area (TPSA) is 0 Å². The van der Waals surface area contributed by atoms with Crippen LogP contribution in [0.2, 0.25) is 0 Å². The fourth-order valence-electron chi connectivity index (χ4n) is 5.16. The van der Waals surface area contributed by atoms with Crippen LogP contribution in [0.15, 0.2) is 24.3 Å². The molecule has 2 aliphatic carbocycles. The van der Waals surface area contributed by atoms with Crippen molar-refractivity contribution in [3.05, 3.63) is 35.4 Å². The molecule has 0 saturated heterocycles. The van der Waals surface area contributed by atoms with E-state index >= 15 is 0 Å². The van der Waals surface area contributed by atoms with Crippen LogP contribution < -0.4 is 30.1 Å². The summed E-state index contributed by atoms with van der Waals surface area (Å²) in [6.45, 7) is 4.57. The normalized spacial score (nSPS) is 18.6. The van der Waals surface area contributed by atoms with Crippen molar-refractivity contribution in [2.75, 3.05) is 0 Å². The fourth-order valence-corrected chi connectivity index (χ4v) is 9.00. The number of halogens is 2. The van der Waals surface area contributed by atoms with E-state index in [1.54, 1.807) is 5.30 Å². The minimum absolute atomic E-state index is 0. The molecule has 0 N–H and O–H groups in total. The van der Waals surface area contributed by atoms with Crippen molar-refractivity contribution in [1.29, 1.82) is 0 Å². The van der Waals surface area contributed by atoms with Gasteiger partial charge in [-0.25, -0.2) is 0 Å². The molecular weight excluding hydrogens is 557 g/mol. The quantitative estimate of drug-likeness (QED) is 0.285. The van der Waals surface area contributed by atoms with Gasteiger partial charge in [0.2, 0.25) is 0 Å². The van der Waals surface area contributed by atoms with Crippen molar-refractivity contribution >= 4 is 24.0 Å². The van der Waals surface area contributed by atoms with E-state index < -0.39 is 0 Å². The van der Waals surface area contributed by atoms with Crippen LogP contribution in [0.1, 0.15) is 75.3 Å². The third kappa shape index (κ3) is 5.65. The average Bonchev–Trinajstić information content (AvgIpc) is 3.07. The Bertz CT molecular complexity index is 643. The maximum atomic E-state index is 2.60. The Morgan fingerprint density at radius 3 is 1.74 bits per heavy atom. The standard InChI is InChI=1S/C23H32P.2ClH.Hf/c1-17-13-14-18(2)23-16-21(15-22(17)23)24(19-9-5-3-6-10-19)20-11-7-4-8-12-20;;;/h13-16,19-20H,3-12H2,1-2H3;2*1H;/q-1;;;/p-2. The second kappa shape index (κ2) is 11.8. The van der Waals surface area contributed by atoms with Crippen LogP contribution in [-0.2, 0) is 25.8 Å². The van der Waals surface area contributed by atoms with Crippen molar-refractivity contribution in [2.24, 2.45) is 0 Å². The average molecular weight is 589 g/mol. The molecule has 0 nitrogen and oxygen atoms in total. The molecule has 27 heavy (non-hydrogen) atoms. The molecule has 2 aromatic carbocycles. The zero-order valence-electron chi connectivity index (χ0n) is 16.7. The van der Waals surface area contributed by atoms with Gasteiger partial charge in [0, 0.05) is 25.8 Å². The van der Waals surface area contributed by atoms with Crippen LogP contribution >= 0.6 is 7.92 Å². The molecule has 2 aliphatic rings. The summed E-state index contributed by atoms with van der Waals surface area (Å²) < 4.78 is 0. The minimum atomic E-state index is 0. The number of benzene rings is 1. The predicted molar refractivity (Wildman–Crippen MR) is 109 cm³/mol. The summed E-state index contributed by atoms with van der Waals surface area (Å²) in [5.41, 5.74) is 4.94. The Morgan fingerprint density at radius 2 is 1.26 bits per heavy atom. The summed E-state index contributed by atoms with van der Waals surface area (Å²) >= 11 is 0. The summed E-state index contributed by atoms with van der Waals surface area (Å²) in [6.07, 6.45) is 14.9. The largest absolute Gasteiger partial charge is 1.00 e. The summed E-state index contributed by atoms with van der Waals surface area (Å²) in [5, 5.41) is 4.81. The molecule has 0 spiro atoms. The maximum absolute atomic E-state index is 2.60. The second-order valence-electron chi connectivity index (χ2n) is 8.23. The molecule has 0 unspecified atom stereocenters. The molecule has 4 rings (SSSR count). The van der Waals surface area contributed by atoms with Crippen molar-refractivity contribution < 1.29 is 50.7 Å². The van der Waals surface area contributed by atoms with Crippen LogP contribution in [0, 0.1) is 13.8 Å². The van der Waals surface area contributed by atoms with Gasteiger partial charge in [-0.15, -0.1) is 33.8 Å². The Labute approximate surface area is 198 Å². The maximum Gasteiger partial charge on any atom is 0 e. The third-order valence-electron chi connectivity index (χ3n) is 6.54. The van der Waals surface area contributed by atoms with Gasteiger partial charge in [-0.2, -0.15) is 6.07 Å². The summed E-state index contributed by atoms with van der Waals surface area (Å²) in [6, 6.07) is 9.83. The van der Waals surface area contributed by atoms with Gasteiger partial charge >= 0.3 is 0 Å². The molecule has 2 aromatic rings. The minimum Gasteiger partial charge on any atom is -1.00 e. The van der Waals surface area contributed by atoms with Crippen molar-refractivity contribution in [1.82, 2.24) is 0 Å². The molecular formula is C23H32Cl2HfP-3. The van der Waals surface area contributed by atoms with E-state index in [4.69, 9.17) is 0 Å².